The maximum atomic E-state index is 13.4. The number of rotatable bonds is 4. The van der Waals surface area contributed by atoms with Crippen molar-refractivity contribution in [1.29, 1.82) is 0 Å². The van der Waals surface area contributed by atoms with Crippen molar-refractivity contribution in [2.75, 3.05) is 7.05 Å². The van der Waals surface area contributed by atoms with Gasteiger partial charge in [-0.3, -0.25) is 0 Å². The van der Waals surface area contributed by atoms with Crippen molar-refractivity contribution in [3.63, 3.8) is 0 Å². The van der Waals surface area contributed by atoms with Crippen molar-refractivity contribution >= 4 is 15.9 Å². The summed E-state index contributed by atoms with van der Waals surface area (Å²) in [5, 5.41) is 3.46. The number of halogens is 2. The summed E-state index contributed by atoms with van der Waals surface area (Å²) >= 11 is 3.54. The summed E-state index contributed by atoms with van der Waals surface area (Å²) in [7, 11) is 2.03. The number of hydrogen-bond acceptors (Lipinski definition) is 1. The highest BCUT2D eigenvalue weighted by molar-refractivity contribution is 9.10. The highest BCUT2D eigenvalue weighted by Crippen LogP contribution is 2.40. The van der Waals surface area contributed by atoms with E-state index in [-0.39, 0.29) is 5.82 Å². The normalized spacial score (nSPS) is 20.2. The van der Waals surface area contributed by atoms with Gasteiger partial charge in [0.15, 0.2) is 0 Å². The predicted octanol–water partition coefficient (Wildman–Crippen LogP) is 4.69. The third-order valence-electron chi connectivity index (χ3n) is 4.62. The van der Waals surface area contributed by atoms with Crippen LogP contribution >= 0.6 is 15.9 Å². The Balaban J connectivity index is 2.16. The summed E-state index contributed by atoms with van der Waals surface area (Å²) in [6, 6.07) is 5.37. The first-order chi connectivity index (χ1) is 9.05. The zero-order chi connectivity index (χ0) is 13.9. The molecule has 0 saturated heterocycles. The van der Waals surface area contributed by atoms with Crippen molar-refractivity contribution in [3.05, 3.63) is 34.1 Å². The van der Waals surface area contributed by atoms with Gasteiger partial charge in [-0.25, -0.2) is 4.39 Å². The molecule has 1 fully saturated rings. The van der Waals surface area contributed by atoms with E-state index in [2.05, 4.69) is 28.2 Å². The van der Waals surface area contributed by atoms with E-state index >= 15 is 0 Å². The molecule has 0 bridgehead atoms. The van der Waals surface area contributed by atoms with Crippen molar-refractivity contribution in [2.45, 2.75) is 51.5 Å². The predicted molar refractivity (Wildman–Crippen MR) is 81.8 cm³/mol. The van der Waals surface area contributed by atoms with Gasteiger partial charge in [0.25, 0.3) is 0 Å². The van der Waals surface area contributed by atoms with Gasteiger partial charge in [-0.2, -0.15) is 0 Å². The first kappa shape index (κ1) is 15.0. The van der Waals surface area contributed by atoms with Crippen LogP contribution in [0, 0.1) is 11.2 Å². The fourth-order valence-electron chi connectivity index (χ4n) is 3.32. The first-order valence-corrected chi connectivity index (χ1v) is 7.96. The molecule has 0 aliphatic heterocycles. The Morgan fingerprint density at radius 3 is 2.63 bits per heavy atom. The third kappa shape index (κ3) is 3.57. The maximum Gasteiger partial charge on any atom is 0.123 e. The molecule has 0 spiro atoms. The lowest BCUT2D eigenvalue weighted by atomic mass is 9.69. The summed E-state index contributed by atoms with van der Waals surface area (Å²) in [6.45, 7) is 2.38. The molecule has 0 aromatic heterocycles. The lowest BCUT2D eigenvalue weighted by Gasteiger charge is -2.41. The van der Waals surface area contributed by atoms with Crippen molar-refractivity contribution in [2.24, 2.45) is 5.41 Å². The van der Waals surface area contributed by atoms with Gasteiger partial charge in [-0.1, -0.05) is 42.1 Å². The summed E-state index contributed by atoms with van der Waals surface area (Å²) in [4.78, 5) is 0. The molecule has 2 rings (SSSR count). The molecule has 19 heavy (non-hydrogen) atoms. The van der Waals surface area contributed by atoms with Crippen LogP contribution < -0.4 is 5.32 Å². The lowest BCUT2D eigenvalue weighted by molar-refractivity contribution is 0.149. The Hall–Kier alpha value is -0.410. The second-order valence-electron chi connectivity index (χ2n) is 6.00. The van der Waals surface area contributed by atoms with E-state index in [9.17, 15) is 4.39 Å². The average Bonchev–Trinajstić information content (AvgIpc) is 2.40. The summed E-state index contributed by atoms with van der Waals surface area (Å²) in [6.07, 6.45) is 7.41. The molecular formula is C16H23BrFN. The molecular weight excluding hydrogens is 305 g/mol. The van der Waals surface area contributed by atoms with E-state index in [1.54, 1.807) is 12.1 Å². The smallest absolute Gasteiger partial charge is 0.123 e. The molecule has 1 unspecified atom stereocenters. The molecule has 0 amide bonds. The largest absolute Gasteiger partial charge is 0.316 e. The summed E-state index contributed by atoms with van der Waals surface area (Å²) in [5.74, 6) is -0.151. The highest BCUT2D eigenvalue weighted by atomic mass is 79.9. The molecule has 3 heteroatoms. The fourth-order valence-corrected chi connectivity index (χ4v) is 3.73. The molecule has 0 heterocycles. The number of hydrogen-bond donors (Lipinski definition) is 1. The van der Waals surface area contributed by atoms with Crippen LogP contribution in [0.5, 0.6) is 0 Å². The molecule has 1 aliphatic rings. The van der Waals surface area contributed by atoms with Crippen LogP contribution in [-0.4, -0.2) is 13.1 Å². The minimum atomic E-state index is -0.151. The first-order valence-electron chi connectivity index (χ1n) is 7.16. The van der Waals surface area contributed by atoms with Crippen LogP contribution in [0.15, 0.2) is 22.7 Å². The van der Waals surface area contributed by atoms with E-state index in [0.29, 0.717) is 11.5 Å². The summed E-state index contributed by atoms with van der Waals surface area (Å²) in [5.41, 5.74) is 1.39. The fraction of sp³-hybridized carbons (Fsp3) is 0.625. The van der Waals surface area contributed by atoms with Gasteiger partial charge in [0, 0.05) is 10.5 Å². The van der Waals surface area contributed by atoms with Gasteiger partial charge >= 0.3 is 0 Å². The second-order valence-corrected chi connectivity index (χ2v) is 6.85. The number of benzene rings is 1. The molecule has 1 aromatic rings. The number of likely N-dealkylation sites (N-methyl/N-ethyl adjacent to an activating group) is 1. The van der Waals surface area contributed by atoms with E-state index < -0.39 is 0 Å². The monoisotopic (exact) mass is 327 g/mol. The van der Waals surface area contributed by atoms with Gasteiger partial charge in [0.2, 0.25) is 0 Å². The van der Waals surface area contributed by atoms with Crippen molar-refractivity contribution in [3.8, 4) is 0 Å². The van der Waals surface area contributed by atoms with Gasteiger partial charge in [0.05, 0.1) is 0 Å². The van der Waals surface area contributed by atoms with Crippen molar-refractivity contribution in [1.82, 2.24) is 5.32 Å². The molecule has 1 aromatic carbocycles. The molecule has 1 nitrogen and oxygen atoms in total. The molecule has 106 valence electrons. The third-order valence-corrected chi connectivity index (χ3v) is 5.39. The van der Waals surface area contributed by atoms with Crippen LogP contribution in [0.2, 0.25) is 0 Å². The zero-order valence-electron chi connectivity index (χ0n) is 11.8. The van der Waals surface area contributed by atoms with Crippen molar-refractivity contribution < 1.29 is 4.39 Å². The maximum absolute atomic E-state index is 13.4. The van der Waals surface area contributed by atoms with Crippen LogP contribution in [0.1, 0.15) is 44.6 Å². The molecule has 1 saturated carbocycles. The Labute approximate surface area is 124 Å². The van der Waals surface area contributed by atoms with Gasteiger partial charge in [0.1, 0.15) is 5.82 Å². The van der Waals surface area contributed by atoms with Crippen LogP contribution in [0.25, 0.3) is 0 Å². The Kier molecular flexibility index (Phi) is 5.02. The Bertz CT molecular complexity index is 427. The molecule has 0 radical (unpaired) electrons. The second kappa shape index (κ2) is 6.36. The van der Waals surface area contributed by atoms with E-state index in [4.69, 9.17) is 0 Å². The minimum absolute atomic E-state index is 0.151. The van der Waals surface area contributed by atoms with Gasteiger partial charge < -0.3 is 5.32 Å². The van der Waals surface area contributed by atoms with E-state index in [0.717, 1.165) is 16.5 Å². The van der Waals surface area contributed by atoms with Crippen LogP contribution in [0.4, 0.5) is 4.39 Å². The molecule has 1 N–H and O–H groups in total. The number of nitrogens with one attached hydrogen (secondary N) is 1. The van der Waals surface area contributed by atoms with Crippen LogP contribution in [-0.2, 0) is 6.42 Å². The van der Waals surface area contributed by atoms with Gasteiger partial charge in [-0.05, 0) is 55.5 Å². The van der Waals surface area contributed by atoms with E-state index in [1.165, 1.54) is 38.2 Å². The SMILES string of the molecule is CNC(Cc1cc(F)ccc1Br)C1(C)CCCCC1. The highest BCUT2D eigenvalue weighted by Gasteiger charge is 2.34. The topological polar surface area (TPSA) is 12.0 Å². The minimum Gasteiger partial charge on any atom is -0.316 e. The van der Waals surface area contributed by atoms with E-state index in [1.807, 2.05) is 7.05 Å². The lowest BCUT2D eigenvalue weighted by Crippen LogP contribution is -2.44. The zero-order valence-corrected chi connectivity index (χ0v) is 13.4. The quantitative estimate of drug-likeness (QED) is 0.845. The summed E-state index contributed by atoms with van der Waals surface area (Å²) < 4.78 is 14.4. The average molecular weight is 328 g/mol. The molecule has 1 aliphatic carbocycles. The standard InChI is InChI=1S/C16H23BrFN/c1-16(8-4-3-5-9-16)15(19-2)11-12-10-13(18)6-7-14(12)17/h6-7,10,15,19H,3-5,8-9,11H2,1-2H3. The molecule has 1 atom stereocenters. The Morgan fingerprint density at radius 1 is 1.32 bits per heavy atom. The Morgan fingerprint density at radius 2 is 2.00 bits per heavy atom. The van der Waals surface area contributed by atoms with Crippen LogP contribution in [0.3, 0.4) is 0 Å². The van der Waals surface area contributed by atoms with Gasteiger partial charge in [-0.15, -0.1) is 0 Å².